The van der Waals surface area contributed by atoms with Crippen LogP contribution in [-0.4, -0.2) is 30.0 Å². The summed E-state index contributed by atoms with van der Waals surface area (Å²) in [4.78, 5) is 26.2. The molecule has 1 atom stereocenters. The lowest BCUT2D eigenvalue weighted by atomic mass is 10.2. The van der Waals surface area contributed by atoms with Gasteiger partial charge in [0.2, 0.25) is 0 Å². The van der Waals surface area contributed by atoms with Crippen LogP contribution in [-0.2, 0) is 0 Å². The van der Waals surface area contributed by atoms with Gasteiger partial charge in [0.1, 0.15) is 5.56 Å². The summed E-state index contributed by atoms with van der Waals surface area (Å²) in [6, 6.07) is 1.56. The topological polar surface area (TPSA) is 74.0 Å². The number of aryl methyl sites for hydroxylation is 1. The zero-order chi connectivity index (χ0) is 11.5. The van der Waals surface area contributed by atoms with E-state index in [0.29, 0.717) is 0 Å². The third kappa shape index (κ3) is 2.30. The minimum Gasteiger partial charge on any atom is -0.364 e. The Morgan fingerprint density at radius 3 is 3.00 bits per heavy atom. The van der Waals surface area contributed by atoms with Crippen LogP contribution >= 0.6 is 0 Å². The van der Waals surface area contributed by atoms with Gasteiger partial charge < -0.3 is 15.6 Å². The second-order valence-corrected chi connectivity index (χ2v) is 4.06. The summed E-state index contributed by atoms with van der Waals surface area (Å²) < 4.78 is 0. The molecule has 1 fully saturated rings. The first-order valence-corrected chi connectivity index (χ1v) is 5.38. The largest absolute Gasteiger partial charge is 0.364 e. The molecular formula is C11H15N3O2. The summed E-state index contributed by atoms with van der Waals surface area (Å²) in [6.07, 6.45) is 2.38. The summed E-state index contributed by atoms with van der Waals surface area (Å²) in [6.45, 7) is 3.47. The average molecular weight is 221 g/mol. The monoisotopic (exact) mass is 221 g/mol. The number of pyridine rings is 1. The van der Waals surface area contributed by atoms with Crippen molar-refractivity contribution in [3.05, 3.63) is 33.7 Å². The van der Waals surface area contributed by atoms with Gasteiger partial charge in [0.05, 0.1) is 0 Å². The van der Waals surface area contributed by atoms with Crippen molar-refractivity contribution in [1.29, 1.82) is 0 Å². The molecule has 1 unspecified atom stereocenters. The fraction of sp³-hybridized carbons (Fsp3) is 0.455. The summed E-state index contributed by atoms with van der Waals surface area (Å²) in [5, 5.41) is 5.99. The number of carbonyl (C=O) groups is 1. The molecule has 86 valence electrons. The Morgan fingerprint density at radius 2 is 2.38 bits per heavy atom. The minimum atomic E-state index is -0.296. The molecular weight excluding hydrogens is 206 g/mol. The average Bonchev–Trinajstić information content (AvgIpc) is 2.70. The molecule has 5 heteroatoms. The fourth-order valence-corrected chi connectivity index (χ4v) is 1.79. The molecule has 0 bridgehead atoms. The molecule has 2 heterocycles. The van der Waals surface area contributed by atoms with Gasteiger partial charge in [-0.25, -0.2) is 0 Å². The standard InChI is InChI=1S/C11H15N3O2/c1-7-4-10(15)9(6-13-7)11(16)14-8-2-3-12-5-8/h4,6,8,12H,2-3,5H2,1H3,(H,13,15)(H,14,16). The Bertz CT molecular complexity index is 447. The number of hydrogen-bond donors (Lipinski definition) is 3. The van der Waals surface area contributed by atoms with E-state index in [4.69, 9.17) is 0 Å². The van der Waals surface area contributed by atoms with Crippen molar-refractivity contribution in [2.24, 2.45) is 0 Å². The molecule has 2 rings (SSSR count). The van der Waals surface area contributed by atoms with Crippen LogP contribution in [0.3, 0.4) is 0 Å². The van der Waals surface area contributed by atoms with E-state index >= 15 is 0 Å². The fourth-order valence-electron chi connectivity index (χ4n) is 1.79. The second-order valence-electron chi connectivity index (χ2n) is 4.06. The third-order valence-corrected chi connectivity index (χ3v) is 2.70. The van der Waals surface area contributed by atoms with Crippen LogP contribution in [0.15, 0.2) is 17.1 Å². The van der Waals surface area contributed by atoms with Gasteiger partial charge in [-0.15, -0.1) is 0 Å². The first-order chi connectivity index (χ1) is 7.66. The first-order valence-electron chi connectivity index (χ1n) is 5.38. The molecule has 16 heavy (non-hydrogen) atoms. The quantitative estimate of drug-likeness (QED) is 0.646. The lowest BCUT2D eigenvalue weighted by Crippen LogP contribution is -2.38. The highest BCUT2D eigenvalue weighted by Gasteiger charge is 2.18. The highest BCUT2D eigenvalue weighted by atomic mass is 16.2. The molecule has 1 aliphatic heterocycles. The number of carbonyl (C=O) groups excluding carboxylic acids is 1. The molecule has 0 aliphatic carbocycles. The van der Waals surface area contributed by atoms with E-state index < -0.39 is 0 Å². The molecule has 1 aliphatic rings. The third-order valence-electron chi connectivity index (χ3n) is 2.70. The van der Waals surface area contributed by atoms with Crippen LogP contribution < -0.4 is 16.1 Å². The zero-order valence-electron chi connectivity index (χ0n) is 9.17. The summed E-state index contributed by atoms with van der Waals surface area (Å²) >= 11 is 0. The number of aromatic amines is 1. The van der Waals surface area contributed by atoms with Crippen LogP contribution in [0.4, 0.5) is 0 Å². The molecule has 0 saturated carbocycles. The number of H-pyrrole nitrogens is 1. The maximum Gasteiger partial charge on any atom is 0.257 e. The van der Waals surface area contributed by atoms with Crippen molar-refractivity contribution in [1.82, 2.24) is 15.6 Å². The van der Waals surface area contributed by atoms with E-state index in [1.807, 2.05) is 0 Å². The highest BCUT2D eigenvalue weighted by molar-refractivity contribution is 5.94. The van der Waals surface area contributed by atoms with Gasteiger partial charge in [-0.05, 0) is 19.9 Å². The molecule has 1 aromatic rings. The summed E-state index contributed by atoms with van der Waals surface area (Å²) in [5.74, 6) is -0.296. The molecule has 0 spiro atoms. The van der Waals surface area contributed by atoms with Gasteiger partial charge in [-0.3, -0.25) is 9.59 Å². The molecule has 0 aromatic carbocycles. The molecule has 1 amide bonds. The number of hydrogen-bond acceptors (Lipinski definition) is 3. The van der Waals surface area contributed by atoms with Crippen molar-refractivity contribution in [3.63, 3.8) is 0 Å². The Hall–Kier alpha value is -1.62. The predicted octanol–water partition coefficient (Wildman–Crippen LogP) is -0.225. The Labute approximate surface area is 93.3 Å². The van der Waals surface area contributed by atoms with E-state index in [-0.39, 0.29) is 22.9 Å². The van der Waals surface area contributed by atoms with E-state index in [1.165, 1.54) is 12.3 Å². The van der Waals surface area contributed by atoms with Gasteiger partial charge in [0.15, 0.2) is 5.43 Å². The van der Waals surface area contributed by atoms with Crippen molar-refractivity contribution < 1.29 is 4.79 Å². The van der Waals surface area contributed by atoms with Crippen molar-refractivity contribution in [2.75, 3.05) is 13.1 Å². The van der Waals surface area contributed by atoms with E-state index in [1.54, 1.807) is 6.92 Å². The van der Waals surface area contributed by atoms with Crippen LogP contribution in [0.5, 0.6) is 0 Å². The number of nitrogens with one attached hydrogen (secondary N) is 3. The van der Waals surface area contributed by atoms with Gasteiger partial charge in [0.25, 0.3) is 5.91 Å². The number of rotatable bonds is 2. The van der Waals surface area contributed by atoms with Crippen molar-refractivity contribution >= 4 is 5.91 Å². The van der Waals surface area contributed by atoms with E-state index in [2.05, 4.69) is 15.6 Å². The predicted molar refractivity (Wildman–Crippen MR) is 60.5 cm³/mol. The molecule has 1 saturated heterocycles. The number of amides is 1. The lowest BCUT2D eigenvalue weighted by molar-refractivity contribution is 0.0938. The van der Waals surface area contributed by atoms with Crippen LogP contribution in [0.1, 0.15) is 22.5 Å². The Morgan fingerprint density at radius 1 is 1.56 bits per heavy atom. The van der Waals surface area contributed by atoms with Crippen molar-refractivity contribution in [3.8, 4) is 0 Å². The van der Waals surface area contributed by atoms with Crippen LogP contribution in [0.2, 0.25) is 0 Å². The van der Waals surface area contributed by atoms with E-state index in [0.717, 1.165) is 25.2 Å². The Balaban J connectivity index is 2.11. The van der Waals surface area contributed by atoms with Gasteiger partial charge >= 0.3 is 0 Å². The smallest absolute Gasteiger partial charge is 0.257 e. The molecule has 0 radical (unpaired) electrons. The normalized spacial score (nSPS) is 19.7. The second kappa shape index (κ2) is 4.49. The van der Waals surface area contributed by atoms with E-state index in [9.17, 15) is 9.59 Å². The SMILES string of the molecule is Cc1cc(=O)c(C(=O)NC2CCNC2)c[nH]1. The van der Waals surface area contributed by atoms with Crippen LogP contribution in [0.25, 0.3) is 0 Å². The molecule has 5 nitrogen and oxygen atoms in total. The maximum atomic E-state index is 11.8. The van der Waals surface area contributed by atoms with Gasteiger partial charge in [-0.1, -0.05) is 0 Å². The minimum absolute atomic E-state index is 0.133. The zero-order valence-corrected chi connectivity index (χ0v) is 9.17. The number of aromatic nitrogens is 1. The van der Waals surface area contributed by atoms with Crippen molar-refractivity contribution in [2.45, 2.75) is 19.4 Å². The Kier molecular flexibility index (Phi) is 3.05. The summed E-state index contributed by atoms with van der Waals surface area (Å²) in [7, 11) is 0. The molecule has 3 N–H and O–H groups in total. The summed E-state index contributed by atoms with van der Waals surface area (Å²) in [5.41, 5.74) is 0.696. The van der Waals surface area contributed by atoms with Gasteiger partial charge in [-0.2, -0.15) is 0 Å². The van der Waals surface area contributed by atoms with Gasteiger partial charge in [0, 0.05) is 30.5 Å². The molecule has 1 aromatic heterocycles. The van der Waals surface area contributed by atoms with Crippen LogP contribution in [0, 0.1) is 6.92 Å². The lowest BCUT2D eigenvalue weighted by Gasteiger charge is -2.10. The highest BCUT2D eigenvalue weighted by Crippen LogP contribution is 1.99. The maximum absolute atomic E-state index is 11.8. The first kappa shape index (κ1) is 10.9.